The minimum Gasteiger partial charge on any atom is -0.326 e. The van der Waals surface area contributed by atoms with Crippen LogP contribution < -0.4 is 5.73 Å². The molecule has 1 aliphatic rings. The predicted octanol–water partition coefficient (Wildman–Crippen LogP) is 2.87. The van der Waals surface area contributed by atoms with Crippen molar-refractivity contribution in [1.82, 2.24) is 9.88 Å². The van der Waals surface area contributed by atoms with Gasteiger partial charge in [0.1, 0.15) is 0 Å². The summed E-state index contributed by atoms with van der Waals surface area (Å²) in [5.74, 6) is 0. The number of aryl methyl sites for hydroxylation is 1. The first-order valence-electron chi connectivity index (χ1n) is 7.63. The number of aromatic nitrogens is 1. The van der Waals surface area contributed by atoms with Crippen molar-refractivity contribution in [2.24, 2.45) is 5.73 Å². The van der Waals surface area contributed by atoms with Gasteiger partial charge in [-0.15, -0.1) is 0 Å². The molecule has 1 aromatic rings. The van der Waals surface area contributed by atoms with Crippen LogP contribution in [0, 0.1) is 6.92 Å². The summed E-state index contributed by atoms with van der Waals surface area (Å²) in [7, 11) is 0. The molecule has 1 fully saturated rings. The summed E-state index contributed by atoms with van der Waals surface area (Å²) in [6.45, 7) is 6.26. The lowest BCUT2D eigenvalue weighted by molar-refractivity contribution is 0.160. The highest BCUT2D eigenvalue weighted by Gasteiger charge is 2.25. The molecule has 0 saturated heterocycles. The molecule has 3 nitrogen and oxygen atoms in total. The Labute approximate surface area is 117 Å². The van der Waals surface area contributed by atoms with Crippen molar-refractivity contribution in [3.05, 3.63) is 29.6 Å². The smallest absolute Gasteiger partial charge is 0.0547 e. The van der Waals surface area contributed by atoms with E-state index in [2.05, 4.69) is 41.9 Å². The lowest BCUT2D eigenvalue weighted by Crippen LogP contribution is -2.46. The van der Waals surface area contributed by atoms with Gasteiger partial charge in [-0.3, -0.25) is 9.88 Å². The minimum absolute atomic E-state index is 0.326. The van der Waals surface area contributed by atoms with Crippen LogP contribution in [0.5, 0.6) is 0 Å². The second kappa shape index (κ2) is 7.01. The number of likely N-dealkylation sites (N-methyl/N-ethyl adjacent to an activating group) is 1. The Morgan fingerprint density at radius 2 is 2.05 bits per heavy atom. The van der Waals surface area contributed by atoms with Crippen LogP contribution in [-0.4, -0.2) is 28.5 Å². The molecule has 2 unspecified atom stereocenters. The van der Waals surface area contributed by atoms with Gasteiger partial charge >= 0.3 is 0 Å². The molecule has 2 atom stereocenters. The van der Waals surface area contributed by atoms with E-state index >= 15 is 0 Å². The third-order valence-corrected chi connectivity index (χ3v) is 4.22. The van der Waals surface area contributed by atoms with Gasteiger partial charge in [-0.25, -0.2) is 0 Å². The van der Waals surface area contributed by atoms with Crippen molar-refractivity contribution in [3.63, 3.8) is 0 Å². The maximum absolute atomic E-state index is 6.38. The van der Waals surface area contributed by atoms with Crippen molar-refractivity contribution in [3.8, 4) is 0 Å². The Kier molecular flexibility index (Phi) is 5.34. The zero-order valence-electron chi connectivity index (χ0n) is 12.3. The quantitative estimate of drug-likeness (QED) is 0.847. The molecule has 0 radical (unpaired) electrons. The van der Waals surface area contributed by atoms with E-state index in [-0.39, 0.29) is 0 Å². The topological polar surface area (TPSA) is 42.2 Å². The summed E-state index contributed by atoms with van der Waals surface area (Å²) in [6, 6.07) is 7.12. The van der Waals surface area contributed by atoms with Crippen LogP contribution >= 0.6 is 0 Å². The predicted molar refractivity (Wildman–Crippen MR) is 79.9 cm³/mol. The molecule has 1 heterocycles. The summed E-state index contributed by atoms with van der Waals surface area (Å²) < 4.78 is 0. The number of nitrogens with two attached hydrogens (primary N) is 1. The van der Waals surface area contributed by atoms with Crippen LogP contribution in [0.15, 0.2) is 18.2 Å². The summed E-state index contributed by atoms with van der Waals surface area (Å²) in [6.07, 6.45) is 6.35. The number of rotatable bonds is 4. The SMILES string of the molecule is CCN(Cc1cccc(C)n1)C1CCCCCC1N. The fraction of sp³-hybridized carbons (Fsp3) is 0.688. The van der Waals surface area contributed by atoms with E-state index in [1.807, 2.05) is 0 Å². The van der Waals surface area contributed by atoms with Crippen molar-refractivity contribution in [2.75, 3.05) is 6.54 Å². The molecular formula is C16H27N3. The van der Waals surface area contributed by atoms with Crippen LogP contribution in [0.4, 0.5) is 0 Å². The van der Waals surface area contributed by atoms with Gasteiger partial charge in [-0.1, -0.05) is 32.3 Å². The van der Waals surface area contributed by atoms with E-state index in [1.54, 1.807) is 0 Å². The fourth-order valence-corrected chi connectivity index (χ4v) is 3.13. The maximum atomic E-state index is 6.38. The zero-order chi connectivity index (χ0) is 13.7. The van der Waals surface area contributed by atoms with Gasteiger partial charge in [0.25, 0.3) is 0 Å². The molecule has 1 aromatic heterocycles. The Hall–Kier alpha value is -0.930. The lowest BCUT2D eigenvalue weighted by Gasteiger charge is -2.33. The Morgan fingerprint density at radius 1 is 1.26 bits per heavy atom. The average molecular weight is 261 g/mol. The van der Waals surface area contributed by atoms with Gasteiger partial charge in [0.2, 0.25) is 0 Å². The molecule has 0 spiro atoms. The number of nitrogens with zero attached hydrogens (tertiary/aromatic N) is 2. The molecule has 0 aliphatic heterocycles. The van der Waals surface area contributed by atoms with E-state index in [4.69, 9.17) is 5.73 Å². The first-order valence-corrected chi connectivity index (χ1v) is 7.63. The van der Waals surface area contributed by atoms with Gasteiger partial charge in [0, 0.05) is 24.3 Å². The molecular weight excluding hydrogens is 234 g/mol. The van der Waals surface area contributed by atoms with Crippen molar-refractivity contribution in [1.29, 1.82) is 0 Å². The summed E-state index contributed by atoms with van der Waals surface area (Å²) >= 11 is 0. The molecule has 0 aromatic carbocycles. The fourth-order valence-electron chi connectivity index (χ4n) is 3.13. The van der Waals surface area contributed by atoms with Crippen LogP contribution in [0.1, 0.15) is 50.4 Å². The average Bonchev–Trinajstić information content (AvgIpc) is 2.61. The maximum Gasteiger partial charge on any atom is 0.0547 e. The number of hydrogen-bond acceptors (Lipinski definition) is 3. The number of hydrogen-bond donors (Lipinski definition) is 1. The normalized spacial score (nSPS) is 24.4. The van der Waals surface area contributed by atoms with Crippen molar-refractivity contribution < 1.29 is 0 Å². The van der Waals surface area contributed by atoms with Crippen LogP contribution in [0.3, 0.4) is 0 Å². The highest BCUT2D eigenvalue weighted by molar-refractivity contribution is 5.10. The first kappa shape index (κ1) is 14.5. The molecule has 3 heteroatoms. The van der Waals surface area contributed by atoms with Gasteiger partial charge < -0.3 is 5.73 Å². The van der Waals surface area contributed by atoms with E-state index < -0.39 is 0 Å². The van der Waals surface area contributed by atoms with E-state index in [0.29, 0.717) is 12.1 Å². The second-order valence-corrected chi connectivity index (χ2v) is 5.70. The van der Waals surface area contributed by atoms with Gasteiger partial charge in [0.05, 0.1) is 5.69 Å². The summed E-state index contributed by atoms with van der Waals surface area (Å²) in [5, 5.41) is 0. The standard InChI is InChI=1S/C16H27N3/c1-3-19(12-14-9-7-8-13(2)18-14)16-11-6-4-5-10-15(16)17/h7-9,15-16H,3-6,10-12,17H2,1-2H3. The van der Waals surface area contributed by atoms with E-state index in [1.165, 1.54) is 37.8 Å². The molecule has 0 amide bonds. The monoisotopic (exact) mass is 261 g/mol. The molecule has 2 rings (SSSR count). The van der Waals surface area contributed by atoms with Gasteiger partial charge in [0.15, 0.2) is 0 Å². The molecule has 1 aliphatic carbocycles. The molecule has 1 saturated carbocycles. The van der Waals surface area contributed by atoms with Gasteiger partial charge in [-0.05, 0) is 38.4 Å². The molecule has 2 N–H and O–H groups in total. The Morgan fingerprint density at radius 3 is 2.79 bits per heavy atom. The third-order valence-electron chi connectivity index (χ3n) is 4.22. The highest BCUT2D eigenvalue weighted by Crippen LogP contribution is 2.22. The second-order valence-electron chi connectivity index (χ2n) is 5.70. The minimum atomic E-state index is 0.326. The largest absolute Gasteiger partial charge is 0.326 e. The Balaban J connectivity index is 2.06. The van der Waals surface area contributed by atoms with E-state index in [0.717, 1.165) is 18.8 Å². The Bertz CT molecular complexity index is 391. The lowest BCUT2D eigenvalue weighted by atomic mass is 10.0. The van der Waals surface area contributed by atoms with E-state index in [9.17, 15) is 0 Å². The molecule has 106 valence electrons. The first-order chi connectivity index (χ1) is 9.20. The summed E-state index contributed by atoms with van der Waals surface area (Å²) in [4.78, 5) is 7.13. The van der Waals surface area contributed by atoms with Crippen molar-refractivity contribution in [2.45, 2.75) is 64.6 Å². The van der Waals surface area contributed by atoms with Crippen LogP contribution in [0.25, 0.3) is 0 Å². The van der Waals surface area contributed by atoms with Crippen LogP contribution in [-0.2, 0) is 6.54 Å². The van der Waals surface area contributed by atoms with Crippen molar-refractivity contribution >= 4 is 0 Å². The molecule has 19 heavy (non-hydrogen) atoms. The molecule has 0 bridgehead atoms. The van der Waals surface area contributed by atoms with Gasteiger partial charge in [-0.2, -0.15) is 0 Å². The third kappa shape index (κ3) is 4.02. The number of pyridine rings is 1. The summed E-state index contributed by atoms with van der Waals surface area (Å²) in [5.41, 5.74) is 8.64. The highest BCUT2D eigenvalue weighted by atomic mass is 15.2. The van der Waals surface area contributed by atoms with Crippen LogP contribution in [0.2, 0.25) is 0 Å². The zero-order valence-corrected chi connectivity index (χ0v) is 12.3.